The largest absolute Gasteiger partial charge is 0.479 e. The Morgan fingerprint density at radius 2 is 2.08 bits per heavy atom. The van der Waals surface area contributed by atoms with Crippen LogP contribution in [0, 0.1) is 5.82 Å². The van der Waals surface area contributed by atoms with Crippen LogP contribution in [0.15, 0.2) is 30.7 Å². The minimum absolute atomic E-state index is 0.0642. The van der Waals surface area contributed by atoms with Crippen LogP contribution in [0.25, 0.3) is 27.7 Å². The molecule has 0 radical (unpaired) electrons. The van der Waals surface area contributed by atoms with Gasteiger partial charge in [0.05, 0.1) is 61.6 Å². The maximum absolute atomic E-state index is 15.2. The monoisotopic (exact) mass is 541 g/mol. The van der Waals surface area contributed by atoms with Crippen molar-refractivity contribution < 1.29 is 30.7 Å². The van der Waals surface area contributed by atoms with E-state index in [0.29, 0.717) is 16.6 Å². The lowest BCUT2D eigenvalue weighted by Gasteiger charge is -2.37. The van der Waals surface area contributed by atoms with Crippen molar-refractivity contribution in [3.8, 4) is 17.0 Å². The summed E-state index contributed by atoms with van der Waals surface area (Å²) in [5.41, 5.74) is 1.94. The third-order valence-electron chi connectivity index (χ3n) is 6.32. The highest BCUT2D eigenvalue weighted by molar-refractivity contribution is 7.88. The van der Waals surface area contributed by atoms with Crippen molar-refractivity contribution in [1.82, 2.24) is 28.5 Å². The number of halogens is 4. The molecule has 4 aromatic rings. The van der Waals surface area contributed by atoms with Gasteiger partial charge >= 0.3 is 0 Å². The summed E-state index contributed by atoms with van der Waals surface area (Å²) >= 11 is 0. The topological polar surface area (TPSA) is 107 Å². The lowest BCUT2D eigenvalue weighted by atomic mass is 10.0. The number of rotatable bonds is 7. The van der Waals surface area contributed by atoms with Crippen LogP contribution < -0.4 is 10.1 Å². The number of alkyl halides is 3. The van der Waals surface area contributed by atoms with E-state index in [4.69, 9.17) is 4.74 Å². The molecule has 1 aliphatic rings. The Kier molecular flexibility index (Phi) is 6.22. The lowest BCUT2D eigenvalue weighted by Crippen LogP contribution is -2.55. The molecule has 198 valence electrons. The molecule has 15 heteroatoms. The summed E-state index contributed by atoms with van der Waals surface area (Å²) in [5, 5.41) is 6.72. The summed E-state index contributed by atoms with van der Waals surface area (Å²) in [6.07, 6.45) is 3.26. The van der Waals surface area contributed by atoms with E-state index in [2.05, 4.69) is 20.4 Å². The number of hydrogen-bond donors (Lipinski definition) is 1. The number of ether oxygens (including phenoxy) is 1. The van der Waals surface area contributed by atoms with Crippen LogP contribution in [0.4, 0.5) is 23.5 Å². The molecule has 4 heterocycles. The van der Waals surface area contributed by atoms with Gasteiger partial charge in [0, 0.05) is 6.54 Å². The first-order chi connectivity index (χ1) is 17.5. The van der Waals surface area contributed by atoms with Crippen molar-refractivity contribution in [1.29, 1.82) is 0 Å². The van der Waals surface area contributed by atoms with Crippen LogP contribution >= 0.6 is 0 Å². The zero-order chi connectivity index (χ0) is 26.5. The van der Waals surface area contributed by atoms with Crippen molar-refractivity contribution in [2.75, 3.05) is 38.4 Å². The smallest absolute Gasteiger partial charge is 0.281 e. The second-order valence-corrected chi connectivity index (χ2v) is 10.7. The van der Waals surface area contributed by atoms with Crippen molar-refractivity contribution in [2.24, 2.45) is 0 Å². The van der Waals surface area contributed by atoms with E-state index >= 15 is 4.39 Å². The SMILES string of the molecule is COc1nc(NC2CCN(S(C)(=O)=O)CC2(F)F)nn2cc(F)c(-c3ccc4ncn(CCF)c4c3)c12. The Labute approximate surface area is 208 Å². The van der Waals surface area contributed by atoms with Gasteiger partial charge in [0.2, 0.25) is 21.9 Å². The standard InChI is InChI=1S/C22H23F4N7O3S/c1-36-20-19-18(13-3-4-15-16(9-13)31(8-6-23)12-27-15)14(24)10-33(19)30-21(29-20)28-17-5-7-32(37(2,34)35)11-22(17,25)26/h3-4,9-10,12,17H,5-8,11H2,1-2H3,(H,28,30). The average molecular weight is 542 g/mol. The van der Waals surface area contributed by atoms with E-state index in [1.54, 1.807) is 22.8 Å². The number of aryl methyl sites for hydroxylation is 1. The van der Waals surface area contributed by atoms with Crippen molar-refractivity contribution >= 4 is 32.5 Å². The van der Waals surface area contributed by atoms with Gasteiger partial charge < -0.3 is 14.6 Å². The van der Waals surface area contributed by atoms with Crippen LogP contribution in [0.5, 0.6) is 5.88 Å². The van der Waals surface area contributed by atoms with E-state index in [-0.39, 0.29) is 42.4 Å². The molecule has 1 aromatic carbocycles. The van der Waals surface area contributed by atoms with Crippen LogP contribution in [-0.2, 0) is 16.6 Å². The Morgan fingerprint density at radius 1 is 1.30 bits per heavy atom. The molecule has 1 fully saturated rings. The molecule has 3 aromatic heterocycles. The maximum Gasteiger partial charge on any atom is 0.281 e. The highest BCUT2D eigenvalue weighted by atomic mass is 32.2. The highest BCUT2D eigenvalue weighted by Crippen LogP contribution is 2.36. The van der Waals surface area contributed by atoms with Crippen molar-refractivity contribution in [3.63, 3.8) is 0 Å². The zero-order valence-corrected chi connectivity index (χ0v) is 20.6. The first-order valence-electron chi connectivity index (χ1n) is 11.3. The molecule has 0 spiro atoms. The Balaban J connectivity index is 1.52. The van der Waals surface area contributed by atoms with Crippen LogP contribution in [0.1, 0.15) is 6.42 Å². The predicted octanol–water partition coefficient (Wildman–Crippen LogP) is 2.94. The van der Waals surface area contributed by atoms with Gasteiger partial charge in [0.25, 0.3) is 5.92 Å². The maximum atomic E-state index is 15.2. The Hall–Kier alpha value is -3.46. The fraction of sp³-hybridized carbons (Fsp3) is 0.409. The molecule has 0 bridgehead atoms. The average Bonchev–Trinajstić information content (AvgIpc) is 3.38. The lowest BCUT2D eigenvalue weighted by molar-refractivity contribution is -0.0541. The van der Waals surface area contributed by atoms with Gasteiger partial charge in [0.15, 0.2) is 5.82 Å². The first kappa shape index (κ1) is 25.2. The molecule has 1 atom stereocenters. The van der Waals surface area contributed by atoms with Gasteiger partial charge in [-0.3, -0.25) is 0 Å². The fourth-order valence-corrected chi connectivity index (χ4v) is 5.35. The van der Waals surface area contributed by atoms with Crippen molar-refractivity contribution in [2.45, 2.75) is 24.9 Å². The molecule has 1 aliphatic heterocycles. The van der Waals surface area contributed by atoms with Crippen LogP contribution in [0.2, 0.25) is 0 Å². The number of fused-ring (bicyclic) bond motifs is 2. The summed E-state index contributed by atoms with van der Waals surface area (Å²) < 4.78 is 89.9. The van der Waals surface area contributed by atoms with Gasteiger partial charge in [-0.15, -0.1) is 5.10 Å². The molecule has 1 unspecified atom stereocenters. The first-order valence-corrected chi connectivity index (χ1v) is 13.1. The number of piperidine rings is 1. The molecule has 0 saturated carbocycles. The number of sulfonamides is 1. The number of benzene rings is 1. The summed E-state index contributed by atoms with van der Waals surface area (Å²) in [6, 6.07) is 3.54. The van der Waals surface area contributed by atoms with Gasteiger partial charge in [-0.25, -0.2) is 35.5 Å². The second-order valence-electron chi connectivity index (χ2n) is 8.76. The van der Waals surface area contributed by atoms with E-state index in [9.17, 15) is 21.6 Å². The van der Waals surface area contributed by atoms with E-state index in [0.717, 1.165) is 21.3 Å². The molecular formula is C22H23F4N7O3S. The highest BCUT2D eigenvalue weighted by Gasteiger charge is 2.47. The molecule has 5 rings (SSSR count). The summed E-state index contributed by atoms with van der Waals surface area (Å²) in [6.45, 7) is -1.58. The minimum Gasteiger partial charge on any atom is -0.479 e. The number of anilines is 1. The number of aromatic nitrogens is 5. The van der Waals surface area contributed by atoms with Crippen LogP contribution in [0.3, 0.4) is 0 Å². The summed E-state index contributed by atoms with van der Waals surface area (Å²) in [5.74, 6) is -4.37. The van der Waals surface area contributed by atoms with Gasteiger partial charge in [0.1, 0.15) is 12.2 Å². The van der Waals surface area contributed by atoms with Gasteiger partial charge in [-0.05, 0) is 24.1 Å². The molecule has 1 N–H and O–H groups in total. The van der Waals surface area contributed by atoms with E-state index in [1.807, 2.05) is 0 Å². The molecular weight excluding hydrogens is 518 g/mol. The quantitative estimate of drug-likeness (QED) is 0.359. The molecule has 37 heavy (non-hydrogen) atoms. The third kappa shape index (κ3) is 4.56. The second kappa shape index (κ2) is 9.13. The summed E-state index contributed by atoms with van der Waals surface area (Å²) in [4.78, 5) is 8.40. The number of imidazole rings is 1. The molecule has 0 aliphatic carbocycles. The molecule has 10 nitrogen and oxygen atoms in total. The van der Waals surface area contributed by atoms with Gasteiger partial charge in [-0.1, -0.05) is 6.07 Å². The zero-order valence-electron chi connectivity index (χ0n) is 19.8. The predicted molar refractivity (Wildman–Crippen MR) is 128 cm³/mol. The number of methoxy groups -OCH3 is 1. The Morgan fingerprint density at radius 3 is 2.76 bits per heavy atom. The van der Waals surface area contributed by atoms with E-state index in [1.165, 1.54) is 13.4 Å². The number of nitrogens with one attached hydrogen (secondary N) is 1. The number of nitrogens with zero attached hydrogens (tertiary/aromatic N) is 6. The Bertz CT molecular complexity index is 1590. The van der Waals surface area contributed by atoms with Crippen LogP contribution in [-0.4, -0.2) is 82.0 Å². The number of hydrogen-bond acceptors (Lipinski definition) is 7. The normalized spacial score (nSPS) is 18.5. The molecule has 0 amide bonds. The van der Waals surface area contributed by atoms with Crippen molar-refractivity contribution in [3.05, 3.63) is 36.5 Å². The minimum atomic E-state index is -3.77. The molecule has 1 saturated heterocycles. The van der Waals surface area contributed by atoms with Gasteiger partial charge in [-0.2, -0.15) is 9.29 Å². The fourth-order valence-electron chi connectivity index (χ4n) is 4.51. The van der Waals surface area contributed by atoms with E-state index < -0.39 is 41.0 Å². The summed E-state index contributed by atoms with van der Waals surface area (Å²) in [7, 11) is -2.47. The third-order valence-corrected chi connectivity index (χ3v) is 7.57.